The summed E-state index contributed by atoms with van der Waals surface area (Å²) < 4.78 is 13.1. The van der Waals surface area contributed by atoms with Gasteiger partial charge in [0.2, 0.25) is 0 Å². The number of nitrogens with zero attached hydrogens (tertiary/aromatic N) is 3. The number of nitriles is 1. The fourth-order valence-electron chi connectivity index (χ4n) is 6.07. The number of benzene rings is 2. The lowest BCUT2D eigenvalue weighted by atomic mass is 9.82. The second-order valence-corrected chi connectivity index (χ2v) is 13.7. The van der Waals surface area contributed by atoms with E-state index in [0.717, 1.165) is 28.5 Å². The van der Waals surface area contributed by atoms with Crippen molar-refractivity contribution in [2.45, 2.75) is 90.8 Å². The first-order valence-electron chi connectivity index (χ1n) is 14.6. The number of likely N-dealkylation sites (tertiary alicyclic amines) is 1. The maximum Gasteiger partial charge on any atom is 0.418 e. The van der Waals surface area contributed by atoms with E-state index in [-0.39, 0.29) is 24.0 Å². The highest BCUT2D eigenvalue weighted by Gasteiger charge is 2.39. The van der Waals surface area contributed by atoms with Gasteiger partial charge in [0, 0.05) is 30.6 Å². The van der Waals surface area contributed by atoms with Crippen LogP contribution in [0.4, 0.5) is 9.59 Å². The van der Waals surface area contributed by atoms with Gasteiger partial charge in [0.15, 0.2) is 0 Å². The van der Waals surface area contributed by atoms with Crippen molar-refractivity contribution in [3.05, 3.63) is 70.4 Å². The molecule has 2 heterocycles. The monoisotopic (exact) mass is 555 g/mol. The van der Waals surface area contributed by atoms with Gasteiger partial charge in [-0.25, -0.2) is 9.59 Å². The van der Waals surface area contributed by atoms with Crippen LogP contribution in [0, 0.1) is 24.2 Å². The molecule has 0 N–H and O–H groups in total. The first-order valence-corrected chi connectivity index (χ1v) is 14.6. The number of aromatic nitrogens is 1. The van der Waals surface area contributed by atoms with Gasteiger partial charge in [-0.2, -0.15) is 5.26 Å². The third-order valence-corrected chi connectivity index (χ3v) is 7.94. The van der Waals surface area contributed by atoms with Gasteiger partial charge < -0.3 is 14.4 Å². The van der Waals surface area contributed by atoms with Crippen molar-refractivity contribution in [2.24, 2.45) is 5.92 Å². The number of aryl methyl sites for hydroxylation is 1. The molecular formula is C34H41N3O4. The molecule has 0 unspecified atom stereocenters. The van der Waals surface area contributed by atoms with Crippen LogP contribution in [0.1, 0.15) is 94.0 Å². The van der Waals surface area contributed by atoms with E-state index in [9.17, 15) is 14.9 Å². The van der Waals surface area contributed by atoms with Crippen molar-refractivity contribution in [1.82, 2.24) is 9.47 Å². The first-order chi connectivity index (χ1) is 19.2. The van der Waals surface area contributed by atoms with Gasteiger partial charge in [0.1, 0.15) is 11.2 Å². The first kappa shape index (κ1) is 28.7. The Kier molecular flexibility index (Phi) is 7.40. The molecule has 2 atom stereocenters. The van der Waals surface area contributed by atoms with Crippen LogP contribution in [0.3, 0.4) is 0 Å². The number of rotatable bonds is 4. The molecule has 1 aliphatic carbocycles. The molecule has 0 spiro atoms. The summed E-state index contributed by atoms with van der Waals surface area (Å²) in [5.74, 6) is 0.755. The zero-order valence-corrected chi connectivity index (χ0v) is 25.3. The molecule has 2 fully saturated rings. The van der Waals surface area contributed by atoms with Gasteiger partial charge in [0.25, 0.3) is 0 Å². The van der Waals surface area contributed by atoms with Crippen LogP contribution in [-0.2, 0) is 15.9 Å². The SMILES string of the molecule is Cc1cc(C2CC2)c(C[C@@H]2CN(C(=O)OC(C)(C)C)C[C@H]2c2ccc(C#N)cc2)c2ccn(C(=O)OC(C)(C)C)c12. The maximum atomic E-state index is 13.2. The standard InChI is InChI=1S/C34H41N3O4/c1-21-16-27(23-12-13-23)28(26-14-15-37(30(21)26)32(39)41-34(5,6)7)17-25-19-36(31(38)40-33(2,3)4)20-29(25)24-10-8-22(18-35)9-11-24/h8-11,14-16,23,25,29H,12-13,17,19-20H2,1-7H3/t25-,29+/m1/s1. The zero-order chi connectivity index (χ0) is 29.7. The van der Waals surface area contributed by atoms with E-state index in [2.05, 4.69) is 19.1 Å². The van der Waals surface area contributed by atoms with Crippen molar-refractivity contribution < 1.29 is 19.1 Å². The molecular weight excluding hydrogens is 514 g/mol. The van der Waals surface area contributed by atoms with E-state index in [1.165, 1.54) is 24.0 Å². The topological polar surface area (TPSA) is 84.6 Å². The van der Waals surface area contributed by atoms with E-state index in [1.54, 1.807) is 4.57 Å². The Labute approximate surface area is 243 Å². The number of carbonyl (C=O) groups is 2. The number of amides is 1. The number of fused-ring (bicyclic) bond motifs is 1. The van der Waals surface area contributed by atoms with Crippen LogP contribution in [0.25, 0.3) is 10.9 Å². The summed E-state index contributed by atoms with van der Waals surface area (Å²) in [6, 6.07) is 14.2. The summed E-state index contributed by atoms with van der Waals surface area (Å²) in [6.07, 6.45) is 4.24. The second-order valence-electron chi connectivity index (χ2n) is 13.7. The normalized spacial score (nSPS) is 19.3. The zero-order valence-electron chi connectivity index (χ0n) is 25.3. The van der Waals surface area contributed by atoms with Crippen molar-refractivity contribution in [1.29, 1.82) is 5.26 Å². The number of carbonyl (C=O) groups excluding carboxylic acids is 2. The Balaban J connectivity index is 1.55. The van der Waals surface area contributed by atoms with Crippen LogP contribution in [-0.4, -0.2) is 45.9 Å². The summed E-state index contributed by atoms with van der Waals surface area (Å²) >= 11 is 0. The van der Waals surface area contributed by atoms with Gasteiger partial charge in [-0.15, -0.1) is 0 Å². The lowest BCUT2D eigenvalue weighted by Gasteiger charge is -2.24. The molecule has 2 aromatic carbocycles. The minimum absolute atomic E-state index is 0.0895. The lowest BCUT2D eigenvalue weighted by Crippen LogP contribution is -2.35. The Hall–Kier alpha value is -3.79. The summed E-state index contributed by atoms with van der Waals surface area (Å²) in [7, 11) is 0. The Morgan fingerprint density at radius 1 is 0.951 bits per heavy atom. The Bertz CT molecular complexity index is 1510. The summed E-state index contributed by atoms with van der Waals surface area (Å²) in [5.41, 5.74) is 5.11. The molecule has 0 bridgehead atoms. The van der Waals surface area contributed by atoms with Gasteiger partial charge in [-0.05, 0) is 120 Å². The summed E-state index contributed by atoms with van der Waals surface area (Å²) in [5, 5.41) is 10.4. The molecule has 1 saturated carbocycles. The molecule has 41 heavy (non-hydrogen) atoms. The van der Waals surface area contributed by atoms with Crippen LogP contribution < -0.4 is 0 Å². The van der Waals surface area contributed by atoms with E-state index >= 15 is 0 Å². The Morgan fingerprint density at radius 2 is 1.59 bits per heavy atom. The molecule has 1 aliphatic heterocycles. The van der Waals surface area contributed by atoms with Crippen molar-refractivity contribution >= 4 is 23.1 Å². The van der Waals surface area contributed by atoms with Crippen molar-refractivity contribution in [3.63, 3.8) is 0 Å². The summed E-state index contributed by atoms with van der Waals surface area (Å²) in [4.78, 5) is 28.2. The minimum atomic E-state index is -0.596. The largest absolute Gasteiger partial charge is 0.444 e. The van der Waals surface area contributed by atoms with Crippen molar-refractivity contribution in [3.8, 4) is 6.07 Å². The van der Waals surface area contributed by atoms with Gasteiger partial charge >= 0.3 is 12.2 Å². The number of hydrogen-bond donors (Lipinski definition) is 0. The van der Waals surface area contributed by atoms with Crippen LogP contribution >= 0.6 is 0 Å². The Morgan fingerprint density at radius 3 is 2.17 bits per heavy atom. The minimum Gasteiger partial charge on any atom is -0.444 e. The fraction of sp³-hybridized carbons (Fsp3) is 0.500. The molecule has 1 saturated heterocycles. The van der Waals surface area contributed by atoms with Gasteiger partial charge in [-0.3, -0.25) is 4.57 Å². The molecule has 216 valence electrons. The molecule has 3 aromatic rings. The predicted molar refractivity (Wildman–Crippen MR) is 159 cm³/mol. The van der Waals surface area contributed by atoms with E-state index in [1.807, 2.05) is 83.0 Å². The molecule has 1 aromatic heterocycles. The third kappa shape index (κ3) is 6.27. The third-order valence-electron chi connectivity index (χ3n) is 7.94. The highest BCUT2D eigenvalue weighted by atomic mass is 16.6. The number of hydrogen-bond acceptors (Lipinski definition) is 5. The van der Waals surface area contributed by atoms with Crippen molar-refractivity contribution in [2.75, 3.05) is 13.1 Å². The fourth-order valence-corrected chi connectivity index (χ4v) is 6.07. The maximum absolute atomic E-state index is 13.2. The molecule has 1 amide bonds. The van der Waals surface area contributed by atoms with Crippen LogP contribution in [0.5, 0.6) is 0 Å². The predicted octanol–water partition coefficient (Wildman–Crippen LogP) is 7.68. The highest BCUT2D eigenvalue weighted by molar-refractivity contribution is 5.94. The molecule has 7 heteroatoms. The van der Waals surface area contributed by atoms with E-state index in [0.29, 0.717) is 24.6 Å². The van der Waals surface area contributed by atoms with Gasteiger partial charge in [-0.1, -0.05) is 18.2 Å². The second kappa shape index (κ2) is 10.6. The van der Waals surface area contributed by atoms with Gasteiger partial charge in [0.05, 0.1) is 17.1 Å². The number of ether oxygens (including phenoxy) is 2. The average Bonchev–Trinajstić information content (AvgIpc) is 3.47. The van der Waals surface area contributed by atoms with E-state index < -0.39 is 11.2 Å². The smallest absolute Gasteiger partial charge is 0.418 e. The summed E-state index contributed by atoms with van der Waals surface area (Å²) in [6.45, 7) is 14.5. The van der Waals surface area contributed by atoms with Crippen LogP contribution in [0.2, 0.25) is 0 Å². The molecule has 0 radical (unpaired) electrons. The van der Waals surface area contributed by atoms with E-state index in [4.69, 9.17) is 9.47 Å². The average molecular weight is 556 g/mol. The lowest BCUT2D eigenvalue weighted by molar-refractivity contribution is 0.0286. The quantitative estimate of drug-likeness (QED) is 0.330. The molecule has 5 rings (SSSR count). The van der Waals surface area contributed by atoms with Crippen LogP contribution in [0.15, 0.2) is 42.6 Å². The highest BCUT2D eigenvalue weighted by Crippen LogP contribution is 2.46. The molecule has 2 aliphatic rings. The molecule has 7 nitrogen and oxygen atoms in total.